The summed E-state index contributed by atoms with van der Waals surface area (Å²) in [4.78, 5) is 0. The van der Waals surface area contributed by atoms with Gasteiger partial charge in [-0.2, -0.15) is 0 Å². The van der Waals surface area contributed by atoms with Crippen LogP contribution in [-0.4, -0.2) is 40.9 Å². The second-order valence-corrected chi connectivity index (χ2v) is 3.89. The molecule has 0 rings (SSSR count). The fourth-order valence-corrected chi connectivity index (χ4v) is 1.33. The lowest BCUT2D eigenvalue weighted by molar-refractivity contribution is -0.177. The van der Waals surface area contributed by atoms with Gasteiger partial charge in [-0.15, -0.1) is 0 Å². The smallest absolute Gasteiger partial charge is 0.183 e. The number of ether oxygens (including phenoxy) is 1. The van der Waals surface area contributed by atoms with E-state index in [0.717, 1.165) is 25.7 Å². The third-order valence-corrected chi connectivity index (χ3v) is 2.56. The number of rotatable bonds is 9. The summed E-state index contributed by atoms with van der Waals surface area (Å²) in [7, 11) is 0. The van der Waals surface area contributed by atoms with Crippen molar-refractivity contribution in [1.82, 2.24) is 0 Å². The first-order valence-electron chi connectivity index (χ1n) is 5.74. The van der Waals surface area contributed by atoms with Crippen molar-refractivity contribution >= 4 is 0 Å². The Morgan fingerprint density at radius 3 is 2.33 bits per heavy atom. The van der Waals surface area contributed by atoms with Crippen LogP contribution in [0.2, 0.25) is 0 Å². The van der Waals surface area contributed by atoms with Crippen LogP contribution in [0.3, 0.4) is 0 Å². The zero-order valence-electron chi connectivity index (χ0n) is 9.72. The summed E-state index contributed by atoms with van der Waals surface area (Å²) < 4.78 is 5.09. The van der Waals surface area contributed by atoms with Gasteiger partial charge in [0.05, 0.1) is 13.2 Å². The first kappa shape index (κ1) is 14.8. The standard InChI is InChI=1S/C11H24O4/c1-3-5-6-9(4-2)8-15-11(14)10(13)7-12/h9-14H,3-8H2,1-2H3. The molecule has 0 bridgehead atoms. The second-order valence-electron chi connectivity index (χ2n) is 3.89. The fraction of sp³-hybridized carbons (Fsp3) is 1.00. The largest absolute Gasteiger partial charge is 0.393 e. The molecule has 4 nitrogen and oxygen atoms in total. The predicted octanol–water partition coefficient (Wildman–Crippen LogP) is 0.891. The Labute approximate surface area is 91.9 Å². The van der Waals surface area contributed by atoms with Crippen LogP contribution in [0, 0.1) is 5.92 Å². The van der Waals surface area contributed by atoms with Gasteiger partial charge in [0.1, 0.15) is 6.10 Å². The van der Waals surface area contributed by atoms with E-state index >= 15 is 0 Å². The highest BCUT2D eigenvalue weighted by Crippen LogP contribution is 2.13. The number of aliphatic hydroxyl groups is 3. The minimum absolute atomic E-state index is 0.422. The maximum Gasteiger partial charge on any atom is 0.183 e. The molecule has 0 aliphatic rings. The molecule has 0 aromatic rings. The maximum atomic E-state index is 9.26. The minimum Gasteiger partial charge on any atom is -0.393 e. The lowest BCUT2D eigenvalue weighted by Crippen LogP contribution is -2.33. The predicted molar refractivity (Wildman–Crippen MR) is 58.4 cm³/mol. The number of hydrogen-bond acceptors (Lipinski definition) is 4. The van der Waals surface area contributed by atoms with Gasteiger partial charge in [-0.25, -0.2) is 0 Å². The molecular formula is C11H24O4. The number of aliphatic hydroxyl groups excluding tert-OH is 3. The molecule has 3 unspecified atom stereocenters. The topological polar surface area (TPSA) is 69.9 Å². The van der Waals surface area contributed by atoms with Crippen LogP contribution in [0.15, 0.2) is 0 Å². The fourth-order valence-electron chi connectivity index (χ4n) is 1.33. The molecule has 3 atom stereocenters. The molecule has 0 radical (unpaired) electrons. The molecule has 0 fully saturated rings. The van der Waals surface area contributed by atoms with Gasteiger partial charge in [0, 0.05) is 0 Å². The van der Waals surface area contributed by atoms with E-state index in [0.29, 0.717) is 12.5 Å². The Morgan fingerprint density at radius 2 is 1.87 bits per heavy atom. The van der Waals surface area contributed by atoms with Crippen molar-refractivity contribution in [3.05, 3.63) is 0 Å². The van der Waals surface area contributed by atoms with E-state index in [4.69, 9.17) is 14.9 Å². The molecule has 0 aliphatic heterocycles. The Balaban J connectivity index is 3.69. The Morgan fingerprint density at radius 1 is 1.20 bits per heavy atom. The SMILES string of the molecule is CCCCC(CC)COC(O)C(O)CO. The van der Waals surface area contributed by atoms with Crippen molar-refractivity contribution in [3.63, 3.8) is 0 Å². The van der Waals surface area contributed by atoms with Gasteiger partial charge in [-0.05, 0) is 12.3 Å². The zero-order chi connectivity index (χ0) is 11.7. The van der Waals surface area contributed by atoms with Crippen molar-refractivity contribution in [2.75, 3.05) is 13.2 Å². The summed E-state index contributed by atoms with van der Waals surface area (Å²) in [5.41, 5.74) is 0. The molecule has 0 aromatic carbocycles. The van der Waals surface area contributed by atoms with Gasteiger partial charge < -0.3 is 20.1 Å². The lowest BCUT2D eigenvalue weighted by Gasteiger charge is -2.20. The van der Waals surface area contributed by atoms with E-state index in [2.05, 4.69) is 13.8 Å². The second kappa shape index (κ2) is 9.09. The van der Waals surface area contributed by atoms with Crippen LogP contribution in [0.5, 0.6) is 0 Å². The summed E-state index contributed by atoms with van der Waals surface area (Å²) in [6.45, 7) is 4.18. The van der Waals surface area contributed by atoms with Gasteiger partial charge in [0.15, 0.2) is 6.29 Å². The third kappa shape index (κ3) is 6.84. The summed E-state index contributed by atoms with van der Waals surface area (Å²) >= 11 is 0. The first-order chi connectivity index (χ1) is 7.15. The van der Waals surface area contributed by atoms with Crippen LogP contribution in [0.25, 0.3) is 0 Å². The third-order valence-electron chi connectivity index (χ3n) is 2.56. The van der Waals surface area contributed by atoms with Gasteiger partial charge in [0.2, 0.25) is 0 Å². The van der Waals surface area contributed by atoms with E-state index in [1.54, 1.807) is 0 Å². The van der Waals surface area contributed by atoms with E-state index in [9.17, 15) is 5.11 Å². The first-order valence-corrected chi connectivity index (χ1v) is 5.74. The Bertz CT molecular complexity index is 141. The van der Waals surface area contributed by atoms with Gasteiger partial charge in [-0.3, -0.25) is 0 Å². The summed E-state index contributed by atoms with van der Waals surface area (Å²) in [5.74, 6) is 0.422. The molecule has 3 N–H and O–H groups in total. The molecule has 0 amide bonds. The van der Waals surface area contributed by atoms with Crippen molar-refractivity contribution in [2.45, 2.75) is 51.9 Å². The zero-order valence-corrected chi connectivity index (χ0v) is 9.72. The molecule has 0 saturated heterocycles. The van der Waals surface area contributed by atoms with Crippen LogP contribution >= 0.6 is 0 Å². The minimum atomic E-state index is -1.27. The van der Waals surface area contributed by atoms with E-state index < -0.39 is 19.0 Å². The lowest BCUT2D eigenvalue weighted by atomic mass is 10.0. The molecule has 0 aromatic heterocycles. The Hall–Kier alpha value is -0.160. The van der Waals surface area contributed by atoms with Crippen LogP contribution in [0.4, 0.5) is 0 Å². The van der Waals surface area contributed by atoms with Crippen LogP contribution < -0.4 is 0 Å². The van der Waals surface area contributed by atoms with Crippen LogP contribution in [0.1, 0.15) is 39.5 Å². The van der Waals surface area contributed by atoms with Crippen LogP contribution in [-0.2, 0) is 4.74 Å². The number of hydrogen-bond donors (Lipinski definition) is 3. The Kier molecular flexibility index (Phi) is 9.00. The van der Waals surface area contributed by atoms with E-state index in [-0.39, 0.29) is 0 Å². The molecule has 4 heteroatoms. The monoisotopic (exact) mass is 220 g/mol. The van der Waals surface area contributed by atoms with Gasteiger partial charge in [-0.1, -0.05) is 33.1 Å². The molecule has 92 valence electrons. The summed E-state index contributed by atoms with van der Waals surface area (Å²) in [6.07, 6.45) is 1.91. The molecular weight excluding hydrogens is 196 g/mol. The highest BCUT2D eigenvalue weighted by Gasteiger charge is 2.17. The molecule has 0 spiro atoms. The average molecular weight is 220 g/mol. The normalized spacial score (nSPS) is 17.4. The highest BCUT2D eigenvalue weighted by molar-refractivity contribution is 4.60. The van der Waals surface area contributed by atoms with Crippen molar-refractivity contribution in [3.8, 4) is 0 Å². The van der Waals surface area contributed by atoms with Crippen molar-refractivity contribution < 1.29 is 20.1 Å². The van der Waals surface area contributed by atoms with Crippen molar-refractivity contribution in [1.29, 1.82) is 0 Å². The quantitative estimate of drug-likeness (QED) is 0.505. The van der Waals surface area contributed by atoms with Crippen molar-refractivity contribution in [2.24, 2.45) is 5.92 Å². The summed E-state index contributed by atoms with van der Waals surface area (Å²) in [6, 6.07) is 0. The van der Waals surface area contributed by atoms with E-state index in [1.165, 1.54) is 0 Å². The molecule has 0 aliphatic carbocycles. The summed E-state index contributed by atoms with van der Waals surface area (Å²) in [5, 5.41) is 26.9. The van der Waals surface area contributed by atoms with Gasteiger partial charge >= 0.3 is 0 Å². The maximum absolute atomic E-state index is 9.26. The molecule has 0 saturated carbocycles. The van der Waals surface area contributed by atoms with E-state index in [1.807, 2.05) is 0 Å². The van der Waals surface area contributed by atoms with Gasteiger partial charge in [0.25, 0.3) is 0 Å². The molecule has 0 heterocycles. The average Bonchev–Trinajstić information content (AvgIpc) is 2.27. The molecule has 15 heavy (non-hydrogen) atoms. The number of unbranched alkanes of at least 4 members (excludes halogenated alkanes) is 1. The highest BCUT2D eigenvalue weighted by atomic mass is 16.6.